The summed E-state index contributed by atoms with van der Waals surface area (Å²) in [5.74, 6) is 0.0451. The van der Waals surface area contributed by atoms with E-state index in [2.05, 4.69) is 4.90 Å². The molecule has 0 radical (unpaired) electrons. The molecule has 3 nitrogen and oxygen atoms in total. The zero-order valence-electron chi connectivity index (χ0n) is 7.91. The van der Waals surface area contributed by atoms with E-state index in [4.69, 9.17) is 5.26 Å². The van der Waals surface area contributed by atoms with Crippen molar-refractivity contribution in [3.05, 3.63) is 0 Å². The molecule has 1 aliphatic heterocycles. The summed E-state index contributed by atoms with van der Waals surface area (Å²) in [6, 6.07) is 2.31. The van der Waals surface area contributed by atoms with Gasteiger partial charge in [0, 0.05) is 24.9 Å². The van der Waals surface area contributed by atoms with Gasteiger partial charge in [-0.2, -0.15) is 5.26 Å². The molecule has 3 heteroatoms. The minimum Gasteiger partial charge on any atom is -0.375 e. The van der Waals surface area contributed by atoms with Gasteiger partial charge in [0.2, 0.25) is 0 Å². The van der Waals surface area contributed by atoms with Crippen molar-refractivity contribution < 1.29 is 5.11 Å². The zero-order valence-corrected chi connectivity index (χ0v) is 7.91. The van der Waals surface area contributed by atoms with E-state index in [1.54, 1.807) is 0 Å². The van der Waals surface area contributed by atoms with Crippen LogP contribution in [0.3, 0.4) is 0 Å². The van der Waals surface area contributed by atoms with Crippen LogP contribution in [0, 0.1) is 17.2 Å². The van der Waals surface area contributed by atoms with Gasteiger partial charge in [0.05, 0.1) is 6.07 Å². The Kier molecular flexibility index (Phi) is 2.41. The number of likely N-dealkylation sites (tertiary alicyclic amines) is 1. The lowest BCUT2D eigenvalue weighted by Crippen LogP contribution is -2.52. The minimum atomic E-state index is -1.11. The molecule has 12 heavy (non-hydrogen) atoms. The molecule has 0 aromatic heterocycles. The Hall–Kier alpha value is -0.590. The summed E-state index contributed by atoms with van der Waals surface area (Å²) < 4.78 is 0. The van der Waals surface area contributed by atoms with Gasteiger partial charge in [0.15, 0.2) is 5.60 Å². The van der Waals surface area contributed by atoms with Gasteiger partial charge in [0.25, 0.3) is 0 Å². The summed E-state index contributed by atoms with van der Waals surface area (Å²) >= 11 is 0. The number of hydrogen-bond acceptors (Lipinski definition) is 3. The lowest BCUT2D eigenvalue weighted by atomic mass is 9.80. The van der Waals surface area contributed by atoms with Crippen LogP contribution >= 0.6 is 0 Å². The summed E-state index contributed by atoms with van der Waals surface area (Å²) in [6.07, 6.45) is 0.557. The van der Waals surface area contributed by atoms with Gasteiger partial charge in [-0.05, 0) is 14.0 Å². The first kappa shape index (κ1) is 9.50. The molecule has 1 fully saturated rings. The first-order valence-corrected chi connectivity index (χ1v) is 4.33. The largest absolute Gasteiger partial charge is 0.375 e. The molecule has 0 aromatic carbocycles. The topological polar surface area (TPSA) is 47.3 Å². The summed E-state index contributed by atoms with van der Waals surface area (Å²) in [7, 11) is 2.03. The third-order valence-corrected chi connectivity index (χ3v) is 2.93. The molecule has 0 amide bonds. The van der Waals surface area contributed by atoms with Gasteiger partial charge < -0.3 is 10.0 Å². The Balaban J connectivity index is 2.76. The normalized spacial score (nSPS) is 43.9. The average molecular weight is 168 g/mol. The summed E-state index contributed by atoms with van der Waals surface area (Å²) in [4.78, 5) is 2.18. The van der Waals surface area contributed by atoms with Crippen LogP contribution < -0.4 is 0 Å². The van der Waals surface area contributed by atoms with Crippen molar-refractivity contribution >= 4 is 0 Å². The Morgan fingerprint density at radius 2 is 2.17 bits per heavy atom. The predicted molar refractivity (Wildman–Crippen MR) is 46.4 cm³/mol. The van der Waals surface area contributed by atoms with Gasteiger partial charge in [-0.1, -0.05) is 6.92 Å². The van der Waals surface area contributed by atoms with Crippen LogP contribution in [0.2, 0.25) is 0 Å². The molecule has 1 aliphatic rings. The highest BCUT2D eigenvalue weighted by molar-refractivity contribution is 5.08. The molecule has 3 atom stereocenters. The number of piperidine rings is 1. The van der Waals surface area contributed by atoms with Crippen molar-refractivity contribution in [3.8, 4) is 6.07 Å². The second kappa shape index (κ2) is 3.04. The van der Waals surface area contributed by atoms with E-state index in [-0.39, 0.29) is 5.92 Å². The maximum Gasteiger partial charge on any atom is 0.156 e. The number of rotatable bonds is 0. The maximum absolute atomic E-state index is 9.85. The van der Waals surface area contributed by atoms with Crippen LogP contribution in [0.1, 0.15) is 20.3 Å². The summed E-state index contributed by atoms with van der Waals surface area (Å²) in [5, 5.41) is 18.7. The van der Waals surface area contributed by atoms with Crippen molar-refractivity contribution in [1.29, 1.82) is 5.26 Å². The molecule has 68 valence electrons. The van der Waals surface area contributed by atoms with Gasteiger partial charge in [-0.15, -0.1) is 0 Å². The lowest BCUT2D eigenvalue weighted by Gasteiger charge is -2.41. The van der Waals surface area contributed by atoms with Crippen molar-refractivity contribution in [2.45, 2.75) is 31.9 Å². The second-order valence-corrected chi connectivity index (χ2v) is 3.93. The predicted octanol–water partition coefficient (Wildman–Crippen LogP) is 0.601. The molecule has 0 aliphatic carbocycles. The molecule has 0 spiro atoms. The SMILES string of the molecule is CC1CC(O)(C#N)C(C)CN1C. The fourth-order valence-corrected chi connectivity index (χ4v) is 1.73. The highest BCUT2D eigenvalue weighted by Crippen LogP contribution is 2.29. The molecular weight excluding hydrogens is 152 g/mol. The fourth-order valence-electron chi connectivity index (χ4n) is 1.73. The summed E-state index contributed by atoms with van der Waals surface area (Å²) in [5.41, 5.74) is -1.11. The Labute approximate surface area is 73.6 Å². The first-order valence-electron chi connectivity index (χ1n) is 4.33. The van der Waals surface area contributed by atoms with Gasteiger partial charge >= 0.3 is 0 Å². The molecule has 1 saturated heterocycles. The minimum absolute atomic E-state index is 0.0451. The molecule has 1 N–H and O–H groups in total. The van der Waals surface area contributed by atoms with Crippen molar-refractivity contribution in [3.63, 3.8) is 0 Å². The summed E-state index contributed by atoms with van der Waals surface area (Å²) in [6.45, 7) is 4.75. The number of nitrogens with zero attached hydrogens (tertiary/aromatic N) is 2. The molecule has 1 rings (SSSR count). The number of hydrogen-bond donors (Lipinski definition) is 1. The van der Waals surface area contributed by atoms with E-state index in [9.17, 15) is 5.11 Å². The van der Waals surface area contributed by atoms with Crippen molar-refractivity contribution in [2.24, 2.45) is 5.92 Å². The van der Waals surface area contributed by atoms with Gasteiger partial charge in [0.1, 0.15) is 0 Å². The van der Waals surface area contributed by atoms with Crippen LogP contribution in [0.15, 0.2) is 0 Å². The van der Waals surface area contributed by atoms with E-state index in [0.717, 1.165) is 6.54 Å². The van der Waals surface area contributed by atoms with Crippen LogP contribution in [0.4, 0.5) is 0 Å². The fraction of sp³-hybridized carbons (Fsp3) is 0.889. The highest BCUT2D eigenvalue weighted by Gasteiger charge is 2.41. The maximum atomic E-state index is 9.85. The molecule has 0 bridgehead atoms. The Bertz CT molecular complexity index is 211. The molecular formula is C9H16N2O. The quantitative estimate of drug-likeness (QED) is 0.539. The number of aliphatic hydroxyl groups is 1. The van der Waals surface area contributed by atoms with Crippen molar-refractivity contribution in [1.82, 2.24) is 4.90 Å². The van der Waals surface area contributed by atoms with Crippen LogP contribution in [-0.2, 0) is 0 Å². The Morgan fingerprint density at radius 3 is 2.67 bits per heavy atom. The van der Waals surface area contributed by atoms with Crippen LogP contribution in [0.25, 0.3) is 0 Å². The Morgan fingerprint density at radius 1 is 1.58 bits per heavy atom. The average Bonchev–Trinajstić information content (AvgIpc) is 2.01. The molecule has 0 saturated carbocycles. The number of nitriles is 1. The highest BCUT2D eigenvalue weighted by atomic mass is 16.3. The van der Waals surface area contributed by atoms with E-state index in [0.29, 0.717) is 12.5 Å². The van der Waals surface area contributed by atoms with E-state index >= 15 is 0 Å². The molecule has 3 unspecified atom stereocenters. The van der Waals surface area contributed by atoms with E-state index in [1.165, 1.54) is 0 Å². The van der Waals surface area contributed by atoms with E-state index < -0.39 is 5.60 Å². The standard InChI is InChI=1S/C9H16N2O/c1-7-5-11(3)8(2)4-9(7,12)6-10/h7-8,12H,4-5H2,1-3H3. The third kappa shape index (κ3) is 1.45. The smallest absolute Gasteiger partial charge is 0.156 e. The van der Waals surface area contributed by atoms with E-state index in [1.807, 2.05) is 27.0 Å². The molecule has 0 aromatic rings. The zero-order chi connectivity index (χ0) is 9.35. The van der Waals surface area contributed by atoms with Gasteiger partial charge in [-0.25, -0.2) is 0 Å². The monoisotopic (exact) mass is 168 g/mol. The van der Waals surface area contributed by atoms with Gasteiger partial charge in [-0.3, -0.25) is 0 Å². The van der Waals surface area contributed by atoms with Crippen molar-refractivity contribution in [2.75, 3.05) is 13.6 Å². The third-order valence-electron chi connectivity index (χ3n) is 2.93. The van der Waals surface area contributed by atoms with Crippen LogP contribution in [-0.4, -0.2) is 35.2 Å². The second-order valence-electron chi connectivity index (χ2n) is 3.93. The van der Waals surface area contributed by atoms with Crippen LogP contribution in [0.5, 0.6) is 0 Å². The molecule has 1 heterocycles. The first-order chi connectivity index (χ1) is 5.49. The lowest BCUT2D eigenvalue weighted by molar-refractivity contribution is -0.0361.